The van der Waals surface area contributed by atoms with Crippen molar-refractivity contribution in [2.24, 2.45) is 0 Å². The molecule has 0 amide bonds. The predicted octanol–water partition coefficient (Wildman–Crippen LogP) is 3.74. The Labute approximate surface area is 203 Å². The molecule has 2 N–H and O–H groups in total. The Kier molecular flexibility index (Phi) is 11.2. The van der Waals surface area contributed by atoms with Crippen LogP contribution in [0.5, 0.6) is 0 Å². The quantitative estimate of drug-likeness (QED) is 0.547. The van der Waals surface area contributed by atoms with E-state index in [1.165, 1.54) is 11.6 Å². The average molecular weight is 475 g/mol. The van der Waals surface area contributed by atoms with Gasteiger partial charge in [-0.1, -0.05) is 43.8 Å². The van der Waals surface area contributed by atoms with Crippen LogP contribution < -0.4 is 5.56 Å². The van der Waals surface area contributed by atoms with Gasteiger partial charge in [0.1, 0.15) is 5.78 Å². The lowest BCUT2D eigenvalue weighted by Crippen LogP contribution is -2.28. The second-order valence-electron chi connectivity index (χ2n) is 7.97. The maximum Gasteiger partial charge on any atom is 0.248 e. The number of hydrogen-bond donors (Lipinski definition) is 2. The molecular weight excluding hydrogens is 440 g/mol. The molecule has 1 fully saturated rings. The van der Waals surface area contributed by atoms with Gasteiger partial charge in [0.2, 0.25) is 5.56 Å². The molecule has 1 aromatic heterocycles. The van der Waals surface area contributed by atoms with Crippen LogP contribution in [-0.4, -0.2) is 46.5 Å². The number of aromatic nitrogens is 1. The van der Waals surface area contributed by atoms with Crippen LogP contribution in [0.15, 0.2) is 65.5 Å². The second kappa shape index (κ2) is 12.8. The highest BCUT2D eigenvalue weighted by molar-refractivity contribution is 7.59. The SMILES string of the molecule is C.O=C(Cc1ccc2[nH]c(=O)ccc2c1)C[C@H](CN1CC[C@H](O)C1)c1ccccc1.S.S. The predicted molar refractivity (Wildman–Crippen MR) is 142 cm³/mol. The number of likely N-dealkylation sites (tertiary alicyclic amines) is 1. The topological polar surface area (TPSA) is 73.4 Å². The number of hydrogen-bond acceptors (Lipinski definition) is 4. The van der Waals surface area contributed by atoms with Gasteiger partial charge in [-0.2, -0.15) is 27.0 Å². The molecule has 174 valence electrons. The highest BCUT2D eigenvalue weighted by atomic mass is 32.1. The van der Waals surface area contributed by atoms with E-state index in [0.717, 1.165) is 36.0 Å². The van der Waals surface area contributed by atoms with E-state index >= 15 is 0 Å². The van der Waals surface area contributed by atoms with Crippen LogP contribution in [0.1, 0.15) is 37.3 Å². The molecule has 0 radical (unpaired) electrons. The molecule has 32 heavy (non-hydrogen) atoms. The van der Waals surface area contributed by atoms with Crippen LogP contribution in [0.4, 0.5) is 0 Å². The summed E-state index contributed by atoms with van der Waals surface area (Å²) in [6, 6.07) is 19.2. The van der Waals surface area contributed by atoms with Crippen molar-refractivity contribution in [3.05, 3.63) is 82.1 Å². The maximum absolute atomic E-state index is 12.9. The molecule has 2 aromatic carbocycles. The van der Waals surface area contributed by atoms with Crippen LogP contribution in [0.3, 0.4) is 0 Å². The number of β-amino-alcohol motifs (C(OH)–C–C–N with tert-alkyl or cyclic N) is 1. The number of H-pyrrole nitrogens is 1. The summed E-state index contributed by atoms with van der Waals surface area (Å²) in [4.78, 5) is 29.4. The minimum atomic E-state index is -0.258. The Hall–Kier alpha value is -2.06. The largest absolute Gasteiger partial charge is 0.392 e. The van der Waals surface area contributed by atoms with Crippen molar-refractivity contribution in [2.45, 2.75) is 38.7 Å². The van der Waals surface area contributed by atoms with Gasteiger partial charge in [-0.25, -0.2) is 0 Å². The lowest BCUT2D eigenvalue weighted by molar-refractivity contribution is -0.118. The van der Waals surface area contributed by atoms with Crippen LogP contribution in [-0.2, 0) is 11.2 Å². The number of rotatable bonds is 7. The van der Waals surface area contributed by atoms with Crippen molar-refractivity contribution in [3.8, 4) is 0 Å². The maximum atomic E-state index is 12.9. The first-order chi connectivity index (χ1) is 14.1. The van der Waals surface area contributed by atoms with E-state index in [2.05, 4.69) is 22.0 Å². The smallest absolute Gasteiger partial charge is 0.248 e. The first kappa shape index (κ1) is 28.0. The summed E-state index contributed by atoms with van der Waals surface area (Å²) >= 11 is 0. The van der Waals surface area contributed by atoms with Gasteiger partial charge in [-0.15, -0.1) is 0 Å². The van der Waals surface area contributed by atoms with Gasteiger partial charge in [0.05, 0.1) is 6.10 Å². The minimum Gasteiger partial charge on any atom is -0.392 e. The van der Waals surface area contributed by atoms with E-state index < -0.39 is 0 Å². The molecule has 1 aliphatic rings. The number of aliphatic hydroxyl groups is 1. The number of aromatic amines is 1. The van der Waals surface area contributed by atoms with Crippen molar-refractivity contribution in [3.63, 3.8) is 0 Å². The highest BCUT2D eigenvalue weighted by Gasteiger charge is 2.25. The van der Waals surface area contributed by atoms with Gasteiger partial charge in [-0.3, -0.25) is 9.59 Å². The molecule has 1 aliphatic heterocycles. The number of ketones is 1. The van der Waals surface area contributed by atoms with Gasteiger partial charge in [0, 0.05) is 50.0 Å². The summed E-state index contributed by atoms with van der Waals surface area (Å²) in [5.74, 6) is 0.313. The Morgan fingerprint density at radius 1 is 1.09 bits per heavy atom. The number of carbonyl (C=O) groups excluding carboxylic acids is 1. The zero-order chi connectivity index (χ0) is 20.2. The van der Waals surface area contributed by atoms with Gasteiger partial charge < -0.3 is 15.0 Å². The number of pyridine rings is 1. The monoisotopic (exact) mass is 474 g/mol. The summed E-state index contributed by atoms with van der Waals surface area (Å²) in [7, 11) is 0. The summed E-state index contributed by atoms with van der Waals surface area (Å²) in [6.07, 6.45) is 1.39. The third-order valence-electron chi connectivity index (χ3n) is 5.66. The summed E-state index contributed by atoms with van der Waals surface area (Å²) in [5.41, 5.74) is 2.78. The van der Waals surface area contributed by atoms with E-state index in [1.807, 2.05) is 36.4 Å². The third-order valence-corrected chi connectivity index (χ3v) is 5.66. The molecule has 2 atom stereocenters. The first-order valence-electron chi connectivity index (χ1n) is 10.2. The third kappa shape index (κ3) is 7.24. The van der Waals surface area contributed by atoms with E-state index in [0.29, 0.717) is 19.4 Å². The van der Waals surface area contributed by atoms with Gasteiger partial charge in [-0.05, 0) is 41.1 Å². The zero-order valence-corrected chi connectivity index (χ0v) is 19.4. The Morgan fingerprint density at radius 3 is 2.53 bits per heavy atom. The fourth-order valence-corrected chi connectivity index (χ4v) is 4.19. The molecule has 4 rings (SSSR count). The van der Waals surface area contributed by atoms with E-state index in [-0.39, 0.29) is 57.8 Å². The number of aliphatic hydroxyl groups excluding tert-OH is 1. The van der Waals surface area contributed by atoms with Crippen molar-refractivity contribution in [1.29, 1.82) is 0 Å². The van der Waals surface area contributed by atoms with Gasteiger partial charge in [0.15, 0.2) is 0 Å². The Bertz CT molecular complexity index is 1060. The number of benzene rings is 2. The van der Waals surface area contributed by atoms with Gasteiger partial charge >= 0.3 is 0 Å². The van der Waals surface area contributed by atoms with Crippen LogP contribution in [0, 0.1) is 0 Å². The Balaban J connectivity index is 0.00000171. The molecule has 1 saturated heterocycles. The number of fused-ring (bicyclic) bond motifs is 1. The number of nitrogens with one attached hydrogen (secondary N) is 1. The molecule has 0 spiro atoms. The summed E-state index contributed by atoms with van der Waals surface area (Å²) < 4.78 is 0. The molecule has 7 heteroatoms. The Morgan fingerprint density at radius 2 is 1.84 bits per heavy atom. The molecule has 5 nitrogen and oxygen atoms in total. The van der Waals surface area contributed by atoms with Crippen molar-refractivity contribution in [2.75, 3.05) is 19.6 Å². The van der Waals surface area contributed by atoms with Crippen LogP contribution >= 0.6 is 27.0 Å². The van der Waals surface area contributed by atoms with Crippen molar-refractivity contribution >= 4 is 43.7 Å². The van der Waals surface area contributed by atoms with Crippen LogP contribution in [0.25, 0.3) is 10.9 Å². The molecule has 0 bridgehead atoms. The van der Waals surface area contributed by atoms with Gasteiger partial charge in [0.25, 0.3) is 0 Å². The molecule has 0 aliphatic carbocycles. The van der Waals surface area contributed by atoms with E-state index in [9.17, 15) is 14.7 Å². The number of nitrogens with zero attached hydrogens (tertiary/aromatic N) is 1. The standard InChI is InChI=1S/C24H26N2O3.CH4.2H2S/c27-21-10-11-26(16-21)15-20(18-4-2-1-3-5-18)14-22(28)13-17-6-8-23-19(12-17)7-9-24(29)25-23;;;/h1-9,12,20-21,27H,10-11,13-16H2,(H,25,29);1H4;2*1H2/t20-,21+;;;/m1.../s1. The molecule has 0 unspecified atom stereocenters. The molecule has 2 heterocycles. The normalized spacial score (nSPS) is 16.5. The fourth-order valence-electron chi connectivity index (χ4n) is 4.19. The lowest BCUT2D eigenvalue weighted by Gasteiger charge is -2.23. The lowest BCUT2D eigenvalue weighted by atomic mass is 9.91. The highest BCUT2D eigenvalue weighted by Crippen LogP contribution is 2.24. The molecule has 3 aromatic rings. The molecule has 0 saturated carbocycles. The van der Waals surface area contributed by atoms with E-state index in [1.54, 1.807) is 6.07 Å². The van der Waals surface area contributed by atoms with Crippen LogP contribution in [0.2, 0.25) is 0 Å². The average Bonchev–Trinajstić information content (AvgIpc) is 3.13. The fraction of sp³-hybridized carbons (Fsp3) is 0.360. The number of carbonyl (C=O) groups is 1. The van der Waals surface area contributed by atoms with Crippen molar-refractivity contribution < 1.29 is 9.90 Å². The second-order valence-corrected chi connectivity index (χ2v) is 7.97. The minimum absolute atomic E-state index is 0. The van der Waals surface area contributed by atoms with Crippen molar-refractivity contribution in [1.82, 2.24) is 9.88 Å². The number of Topliss-reactive ketones (excluding diaryl/α,β-unsaturated/α-hetero) is 1. The molecular formula is C25H34N2O3S2. The zero-order valence-electron chi connectivity index (χ0n) is 17.4. The summed E-state index contributed by atoms with van der Waals surface area (Å²) in [5, 5.41) is 10.8. The van der Waals surface area contributed by atoms with E-state index in [4.69, 9.17) is 0 Å². The first-order valence-corrected chi connectivity index (χ1v) is 10.2. The summed E-state index contributed by atoms with van der Waals surface area (Å²) in [6.45, 7) is 2.34.